The summed E-state index contributed by atoms with van der Waals surface area (Å²) < 4.78 is 0. The zero-order valence-corrected chi connectivity index (χ0v) is 12.1. The monoisotopic (exact) mass is 243 g/mol. The number of benzene rings is 1. The van der Waals surface area contributed by atoms with Crippen LogP contribution in [0.2, 0.25) is 0 Å². The van der Waals surface area contributed by atoms with E-state index in [-0.39, 0.29) is 0 Å². The third-order valence-corrected chi connectivity index (χ3v) is 2.56. The zero-order chi connectivity index (χ0) is 13.4. The van der Waals surface area contributed by atoms with Crippen molar-refractivity contribution in [3.05, 3.63) is 35.9 Å². The average Bonchev–Trinajstić information content (AvgIpc) is 2.28. The summed E-state index contributed by atoms with van der Waals surface area (Å²) >= 11 is 0. The maximum atomic E-state index is 3.29. The van der Waals surface area contributed by atoms with Gasteiger partial charge < -0.3 is 0 Å². The van der Waals surface area contributed by atoms with Gasteiger partial charge >= 0.3 is 0 Å². The minimum absolute atomic E-state index is 0.697. The highest BCUT2D eigenvalue weighted by Crippen LogP contribution is 2.03. The number of nitrogens with zero attached hydrogens (tertiary/aromatic N) is 1. The molecule has 1 aromatic carbocycles. The third kappa shape index (κ3) is 6.47. The smallest absolute Gasteiger partial charge is 0.0605 e. The molecule has 0 saturated heterocycles. The van der Waals surface area contributed by atoms with E-state index in [4.69, 9.17) is 0 Å². The standard InChI is InChI=1S/C17H25N/c1-15(2)13-18(14-16(3)4)12-8-11-17-9-6-5-7-10-17/h5-7,9-10,15-16H,12-14H2,1-4H3. The molecular weight excluding hydrogens is 218 g/mol. The minimum atomic E-state index is 0.697. The Bertz CT molecular complexity index is 371. The number of rotatable bonds is 5. The normalized spacial score (nSPS) is 10.8. The Morgan fingerprint density at radius 3 is 2.00 bits per heavy atom. The fraction of sp³-hybridized carbons (Fsp3) is 0.529. The van der Waals surface area contributed by atoms with E-state index in [1.807, 2.05) is 18.2 Å². The van der Waals surface area contributed by atoms with E-state index < -0.39 is 0 Å². The summed E-state index contributed by atoms with van der Waals surface area (Å²) in [6.07, 6.45) is 0. The molecule has 0 aliphatic rings. The summed E-state index contributed by atoms with van der Waals surface area (Å²) in [6, 6.07) is 10.2. The molecule has 0 unspecified atom stereocenters. The lowest BCUT2D eigenvalue weighted by molar-refractivity contribution is 0.244. The molecule has 98 valence electrons. The van der Waals surface area contributed by atoms with Crippen molar-refractivity contribution < 1.29 is 0 Å². The summed E-state index contributed by atoms with van der Waals surface area (Å²) in [5.74, 6) is 7.91. The Balaban J connectivity index is 2.53. The molecule has 1 rings (SSSR count). The fourth-order valence-electron chi connectivity index (χ4n) is 2.01. The lowest BCUT2D eigenvalue weighted by Gasteiger charge is -2.23. The van der Waals surface area contributed by atoms with E-state index in [0.29, 0.717) is 11.8 Å². The van der Waals surface area contributed by atoms with Crippen LogP contribution in [0.3, 0.4) is 0 Å². The minimum Gasteiger partial charge on any atom is -0.292 e. The second-order valence-corrected chi connectivity index (χ2v) is 5.65. The molecular formula is C17H25N. The zero-order valence-electron chi connectivity index (χ0n) is 12.1. The van der Waals surface area contributed by atoms with Gasteiger partial charge in [-0.2, -0.15) is 0 Å². The van der Waals surface area contributed by atoms with Crippen LogP contribution < -0.4 is 0 Å². The average molecular weight is 243 g/mol. The van der Waals surface area contributed by atoms with Gasteiger partial charge in [0.2, 0.25) is 0 Å². The Morgan fingerprint density at radius 2 is 1.50 bits per heavy atom. The maximum Gasteiger partial charge on any atom is 0.0605 e. The number of hydrogen-bond acceptors (Lipinski definition) is 1. The lowest BCUT2D eigenvalue weighted by atomic mass is 10.1. The molecule has 0 aliphatic carbocycles. The maximum absolute atomic E-state index is 3.29. The molecule has 0 heterocycles. The first kappa shape index (κ1) is 14.8. The Hall–Kier alpha value is -1.26. The molecule has 0 radical (unpaired) electrons. The van der Waals surface area contributed by atoms with E-state index >= 15 is 0 Å². The molecule has 18 heavy (non-hydrogen) atoms. The van der Waals surface area contributed by atoms with Crippen molar-refractivity contribution in [3.63, 3.8) is 0 Å². The van der Waals surface area contributed by atoms with Gasteiger partial charge in [-0.15, -0.1) is 0 Å². The van der Waals surface area contributed by atoms with E-state index in [2.05, 4.69) is 56.6 Å². The third-order valence-electron chi connectivity index (χ3n) is 2.56. The lowest BCUT2D eigenvalue weighted by Crippen LogP contribution is -2.31. The second-order valence-electron chi connectivity index (χ2n) is 5.65. The quantitative estimate of drug-likeness (QED) is 0.714. The molecule has 0 N–H and O–H groups in total. The SMILES string of the molecule is CC(C)CN(CC#Cc1ccccc1)CC(C)C. The van der Waals surface area contributed by atoms with Gasteiger partial charge in [-0.3, -0.25) is 4.90 Å². The molecule has 0 atom stereocenters. The van der Waals surface area contributed by atoms with Crippen LogP contribution in [0.1, 0.15) is 33.3 Å². The Morgan fingerprint density at radius 1 is 0.944 bits per heavy atom. The van der Waals surface area contributed by atoms with Gasteiger partial charge in [-0.25, -0.2) is 0 Å². The van der Waals surface area contributed by atoms with Crippen LogP contribution in [0, 0.1) is 23.7 Å². The summed E-state index contributed by atoms with van der Waals surface area (Å²) in [5.41, 5.74) is 1.10. The first-order chi connectivity index (χ1) is 8.58. The molecule has 0 aliphatic heterocycles. The predicted molar refractivity (Wildman–Crippen MR) is 79.4 cm³/mol. The summed E-state index contributed by atoms with van der Waals surface area (Å²) in [5, 5.41) is 0. The summed E-state index contributed by atoms with van der Waals surface area (Å²) in [4.78, 5) is 2.45. The highest BCUT2D eigenvalue weighted by molar-refractivity contribution is 5.33. The van der Waals surface area contributed by atoms with E-state index in [1.54, 1.807) is 0 Å². The van der Waals surface area contributed by atoms with Crippen molar-refractivity contribution >= 4 is 0 Å². The Kier molecular flexibility index (Phi) is 6.54. The predicted octanol–water partition coefficient (Wildman–Crippen LogP) is 3.65. The molecule has 1 heteroatoms. The van der Waals surface area contributed by atoms with Gasteiger partial charge in [0.05, 0.1) is 6.54 Å². The number of hydrogen-bond donors (Lipinski definition) is 0. The first-order valence-corrected chi connectivity index (χ1v) is 6.84. The van der Waals surface area contributed by atoms with Crippen molar-refractivity contribution in [1.82, 2.24) is 4.90 Å². The van der Waals surface area contributed by atoms with Crippen molar-refractivity contribution in [1.29, 1.82) is 0 Å². The van der Waals surface area contributed by atoms with Crippen molar-refractivity contribution in [3.8, 4) is 11.8 Å². The van der Waals surface area contributed by atoms with Gasteiger partial charge in [0.25, 0.3) is 0 Å². The van der Waals surface area contributed by atoms with Crippen molar-refractivity contribution in [2.45, 2.75) is 27.7 Å². The molecule has 0 amide bonds. The highest BCUT2D eigenvalue weighted by Gasteiger charge is 2.07. The first-order valence-electron chi connectivity index (χ1n) is 6.84. The van der Waals surface area contributed by atoms with Crippen LogP contribution >= 0.6 is 0 Å². The van der Waals surface area contributed by atoms with Gasteiger partial charge in [0.15, 0.2) is 0 Å². The molecule has 0 bridgehead atoms. The van der Waals surface area contributed by atoms with Crippen LogP contribution in [0.25, 0.3) is 0 Å². The molecule has 1 nitrogen and oxygen atoms in total. The Labute approximate surface area is 112 Å². The van der Waals surface area contributed by atoms with Crippen molar-refractivity contribution in [2.75, 3.05) is 19.6 Å². The molecule has 0 aromatic heterocycles. The van der Waals surface area contributed by atoms with Gasteiger partial charge in [-0.05, 0) is 24.0 Å². The summed E-state index contributed by atoms with van der Waals surface area (Å²) in [6.45, 7) is 12.2. The van der Waals surface area contributed by atoms with Crippen LogP contribution in [-0.2, 0) is 0 Å². The van der Waals surface area contributed by atoms with Gasteiger partial charge in [0, 0.05) is 18.7 Å². The molecule has 1 aromatic rings. The molecule has 0 fully saturated rings. The van der Waals surface area contributed by atoms with Gasteiger partial charge in [-0.1, -0.05) is 57.7 Å². The van der Waals surface area contributed by atoms with E-state index in [1.165, 1.54) is 0 Å². The van der Waals surface area contributed by atoms with Gasteiger partial charge in [0.1, 0.15) is 0 Å². The second kappa shape index (κ2) is 7.95. The van der Waals surface area contributed by atoms with Crippen LogP contribution in [-0.4, -0.2) is 24.5 Å². The van der Waals surface area contributed by atoms with Crippen LogP contribution in [0.4, 0.5) is 0 Å². The molecule has 0 saturated carbocycles. The topological polar surface area (TPSA) is 3.24 Å². The van der Waals surface area contributed by atoms with Crippen molar-refractivity contribution in [2.24, 2.45) is 11.8 Å². The van der Waals surface area contributed by atoms with Crippen LogP contribution in [0.5, 0.6) is 0 Å². The highest BCUT2D eigenvalue weighted by atomic mass is 15.1. The van der Waals surface area contributed by atoms with Crippen LogP contribution in [0.15, 0.2) is 30.3 Å². The van der Waals surface area contributed by atoms with E-state index in [9.17, 15) is 0 Å². The molecule has 0 spiro atoms. The van der Waals surface area contributed by atoms with E-state index in [0.717, 1.165) is 25.2 Å². The fourth-order valence-corrected chi connectivity index (χ4v) is 2.01. The largest absolute Gasteiger partial charge is 0.292 e. The summed E-state index contributed by atoms with van der Waals surface area (Å²) in [7, 11) is 0.